The summed E-state index contributed by atoms with van der Waals surface area (Å²) in [5.74, 6) is 0. The number of hydrogen-bond donors (Lipinski definition) is 0. The first-order chi connectivity index (χ1) is 43.7. The van der Waals surface area contributed by atoms with E-state index in [1.165, 1.54) is 149 Å². The molecule has 4 nitrogen and oxygen atoms in total. The largest absolute Gasteiger partial charge is 0.310 e. The van der Waals surface area contributed by atoms with Gasteiger partial charge in [0, 0.05) is 44.7 Å². The Labute approximate surface area is 536 Å². The molecule has 16 rings (SSSR count). The third-order valence-corrected chi connectivity index (χ3v) is 19.8. The smallest absolute Gasteiger partial charge is 0.252 e. The molecule has 0 spiro atoms. The number of fused-ring (bicyclic) bond motifs is 10. The highest BCUT2D eigenvalue weighted by Gasteiger charge is 2.43. The lowest BCUT2D eigenvalue weighted by atomic mass is 9.34. The molecule has 0 saturated heterocycles. The Morgan fingerprint density at radius 1 is 0.308 bits per heavy atom. The first kappa shape index (κ1) is 56.4. The van der Waals surface area contributed by atoms with Crippen molar-refractivity contribution in [1.82, 2.24) is 19.1 Å². The van der Waals surface area contributed by atoms with Crippen LogP contribution in [-0.2, 0) is 21.7 Å². The quantitative estimate of drug-likeness (QED) is 0.149. The Morgan fingerprint density at radius 2 is 0.681 bits per heavy atom. The molecule has 3 aromatic heterocycles. The van der Waals surface area contributed by atoms with Crippen LogP contribution in [0, 0.1) is 0 Å². The maximum absolute atomic E-state index is 5.10. The Bertz CT molecular complexity index is 4900. The van der Waals surface area contributed by atoms with Crippen LogP contribution in [-0.4, -0.2) is 25.8 Å². The van der Waals surface area contributed by atoms with E-state index in [0.717, 1.165) is 22.6 Å². The van der Waals surface area contributed by atoms with E-state index in [-0.39, 0.29) is 28.4 Å². The molecule has 91 heavy (non-hydrogen) atoms. The van der Waals surface area contributed by atoms with Crippen molar-refractivity contribution >= 4 is 66.7 Å². The maximum atomic E-state index is 5.10. The van der Waals surface area contributed by atoms with Crippen LogP contribution in [0.15, 0.2) is 237 Å². The van der Waals surface area contributed by atoms with Gasteiger partial charge in [-0.05, 0) is 170 Å². The highest BCUT2D eigenvalue weighted by Crippen LogP contribution is 2.51. The number of hydrogen-bond acceptors (Lipinski definition) is 2. The Morgan fingerprint density at radius 3 is 1.03 bits per heavy atom. The van der Waals surface area contributed by atoms with Crippen LogP contribution in [0.2, 0.25) is 0 Å². The maximum Gasteiger partial charge on any atom is 0.252 e. The van der Waals surface area contributed by atoms with Gasteiger partial charge < -0.3 is 9.13 Å². The van der Waals surface area contributed by atoms with Crippen molar-refractivity contribution in [2.75, 3.05) is 0 Å². The van der Waals surface area contributed by atoms with Gasteiger partial charge in [-0.1, -0.05) is 265 Å². The summed E-state index contributed by atoms with van der Waals surface area (Å²) in [4.78, 5) is 9.61. The van der Waals surface area contributed by atoms with Crippen LogP contribution in [0.25, 0.3) is 133 Å². The molecule has 442 valence electrons. The molecular formula is C86H75BN4. The summed E-state index contributed by atoms with van der Waals surface area (Å²) in [5.41, 5.74) is 32.3. The summed E-state index contributed by atoms with van der Waals surface area (Å²) < 4.78 is 5.36. The second-order valence-corrected chi connectivity index (χ2v) is 29.9. The van der Waals surface area contributed by atoms with Gasteiger partial charge >= 0.3 is 0 Å². The zero-order valence-corrected chi connectivity index (χ0v) is 54.4. The van der Waals surface area contributed by atoms with Crippen LogP contribution < -0.4 is 16.4 Å². The minimum Gasteiger partial charge on any atom is -0.310 e. The lowest BCUT2D eigenvalue weighted by Gasteiger charge is -2.34. The number of nitrogens with zero attached hydrogens (tertiary/aromatic N) is 4. The molecule has 0 aliphatic carbocycles. The first-order valence-electron chi connectivity index (χ1n) is 32.5. The van der Waals surface area contributed by atoms with E-state index in [4.69, 9.17) is 4.98 Å². The van der Waals surface area contributed by atoms with Gasteiger partial charge in [0.1, 0.15) is 6.33 Å². The van der Waals surface area contributed by atoms with Gasteiger partial charge in [0.25, 0.3) is 6.71 Å². The molecule has 0 unspecified atom stereocenters. The van der Waals surface area contributed by atoms with Crippen molar-refractivity contribution in [3.63, 3.8) is 0 Å². The van der Waals surface area contributed by atoms with Crippen LogP contribution >= 0.6 is 0 Å². The molecule has 14 aromatic rings. The number of benzene rings is 11. The SMILES string of the molecule is CC(C)(C)c1cc(-c2ccc3c4c2c2c(-c5ccccc5)cc(-c5ccccc5)cc2n4-c2cc(-c4ccncn4)cc4c2B3c2ccc(-c3cc(C(C)(C)C)cc(C(C)(C)C)c3)c3c5c(-c6ccccc6)cc(-c6ccccc6)cc5n-4c23)cc(C(C)(C)C)c1. The predicted molar refractivity (Wildman–Crippen MR) is 388 cm³/mol. The fourth-order valence-corrected chi connectivity index (χ4v) is 15.0. The van der Waals surface area contributed by atoms with Crippen LogP contribution in [0.1, 0.15) is 105 Å². The fraction of sp³-hybridized carbons (Fsp3) is 0.186. The molecule has 0 fully saturated rings. The fourth-order valence-electron chi connectivity index (χ4n) is 15.0. The van der Waals surface area contributed by atoms with Gasteiger partial charge in [-0.15, -0.1) is 0 Å². The molecule has 5 heterocycles. The standard InChI is InChI=1S/C86H75BN4/c1-83(2,3)61-39-58(40-62(49-61)84(4,5)6)65-33-35-69-81-78(65)76-67(54-29-21-15-22-30-54)43-56(52-25-17-13-18-26-52)45-72(76)90(81)74-47-60(71-37-38-88-51-89-71)48-75-80(74)87(69)70-36-34-66(59-41-63(85(7,8)9)50-64(42-59)86(10,11)12)79-77-68(55-31-23-16-24-32-55)44-57(53-27-19-14-20-28-53)46-73(77)91(75)82(70)79/h13-51H,1-12H3. The molecule has 5 heteroatoms. The summed E-state index contributed by atoms with van der Waals surface area (Å²) in [6, 6.07) is 86.0. The lowest BCUT2D eigenvalue weighted by molar-refractivity contribution is 0.568. The van der Waals surface area contributed by atoms with Crippen molar-refractivity contribution in [1.29, 1.82) is 0 Å². The highest BCUT2D eigenvalue weighted by molar-refractivity contribution is 7.00. The van der Waals surface area contributed by atoms with Gasteiger partial charge in [0.05, 0.1) is 27.8 Å². The molecule has 0 bridgehead atoms. The first-order valence-corrected chi connectivity index (χ1v) is 32.5. The van der Waals surface area contributed by atoms with Gasteiger partial charge in [0.2, 0.25) is 0 Å². The highest BCUT2D eigenvalue weighted by atomic mass is 15.0. The summed E-state index contributed by atoms with van der Waals surface area (Å²) in [6.45, 7) is 28.1. The Kier molecular flexibility index (Phi) is 12.6. The van der Waals surface area contributed by atoms with E-state index >= 15 is 0 Å². The third kappa shape index (κ3) is 9.09. The molecule has 11 aromatic carbocycles. The van der Waals surface area contributed by atoms with Crippen LogP contribution in [0.5, 0.6) is 0 Å². The van der Waals surface area contributed by atoms with Gasteiger partial charge in [-0.3, -0.25) is 0 Å². The monoisotopic (exact) mass is 1170 g/mol. The molecular weight excluding hydrogens is 1100 g/mol. The number of aromatic nitrogens is 4. The topological polar surface area (TPSA) is 35.6 Å². The minimum atomic E-state index is -0.161. The lowest BCUT2D eigenvalue weighted by Crippen LogP contribution is -2.59. The zero-order valence-electron chi connectivity index (χ0n) is 54.4. The van der Waals surface area contributed by atoms with E-state index in [0.29, 0.717) is 0 Å². The summed E-state index contributed by atoms with van der Waals surface area (Å²) in [5, 5.41) is 5.02. The minimum absolute atomic E-state index is 0.0935. The zero-order chi connectivity index (χ0) is 62.6. The third-order valence-electron chi connectivity index (χ3n) is 19.8. The molecule has 2 aliphatic rings. The molecule has 0 N–H and O–H groups in total. The van der Waals surface area contributed by atoms with E-state index in [2.05, 4.69) is 322 Å². The van der Waals surface area contributed by atoms with Crippen LogP contribution in [0.4, 0.5) is 0 Å². The summed E-state index contributed by atoms with van der Waals surface area (Å²) in [6.07, 6.45) is 3.59. The Balaban J connectivity index is 1.14. The second kappa shape index (κ2) is 20.3. The molecule has 0 atom stereocenters. The van der Waals surface area contributed by atoms with E-state index in [9.17, 15) is 0 Å². The summed E-state index contributed by atoms with van der Waals surface area (Å²) >= 11 is 0. The molecule has 0 saturated carbocycles. The van der Waals surface area contributed by atoms with Gasteiger partial charge in [-0.2, -0.15) is 0 Å². The van der Waals surface area contributed by atoms with Crippen molar-refractivity contribution < 1.29 is 0 Å². The van der Waals surface area contributed by atoms with Crippen LogP contribution in [0.3, 0.4) is 0 Å². The van der Waals surface area contributed by atoms with E-state index < -0.39 is 0 Å². The molecule has 0 amide bonds. The van der Waals surface area contributed by atoms with Gasteiger partial charge in [0.15, 0.2) is 0 Å². The molecule has 2 aliphatic heterocycles. The van der Waals surface area contributed by atoms with Crippen molar-refractivity contribution in [2.24, 2.45) is 0 Å². The average Bonchev–Trinajstić information content (AvgIpc) is 1.54. The van der Waals surface area contributed by atoms with Crippen molar-refractivity contribution in [3.05, 3.63) is 259 Å². The normalized spacial score (nSPS) is 13.0. The van der Waals surface area contributed by atoms with Gasteiger partial charge in [-0.25, -0.2) is 9.97 Å². The van der Waals surface area contributed by atoms with Crippen molar-refractivity contribution in [3.8, 4) is 89.4 Å². The second-order valence-electron chi connectivity index (χ2n) is 29.9. The molecule has 0 radical (unpaired) electrons. The van der Waals surface area contributed by atoms with E-state index in [1.54, 1.807) is 6.33 Å². The average molecular weight is 1180 g/mol. The van der Waals surface area contributed by atoms with Crippen molar-refractivity contribution in [2.45, 2.75) is 105 Å². The summed E-state index contributed by atoms with van der Waals surface area (Å²) in [7, 11) is 0. The van der Waals surface area contributed by atoms with E-state index in [1.807, 2.05) is 6.20 Å². The predicted octanol–water partition coefficient (Wildman–Crippen LogP) is 20.7. The number of rotatable bonds is 7. The Hall–Kier alpha value is -9.84.